The molecule has 0 saturated heterocycles. The van der Waals surface area contributed by atoms with E-state index in [1.165, 1.54) is 0 Å². The number of carbonyl (C=O) groups excluding carboxylic acids is 3. The van der Waals surface area contributed by atoms with Gasteiger partial charge in [-0.15, -0.1) is 0 Å². The first kappa shape index (κ1) is 29.7. The summed E-state index contributed by atoms with van der Waals surface area (Å²) in [7, 11) is 0. The van der Waals surface area contributed by atoms with E-state index < -0.39 is 23.8 Å². The number of amides is 3. The number of aryl methyl sites for hydroxylation is 2. The standard InChI is InChI=1S/C29H47N3O4/c1-11-12-21(7)30-26(33)25(22-14-13-18(4)15-19(22)5)32(23-16-20(23)6)27(34)24(17(2)3)31-28(35)36-29(8,9)10/h13-15,17,20-21,23-25H,11-12,16H2,1-10H3,(H,30,33)(H,31,35). The van der Waals surface area contributed by atoms with Gasteiger partial charge in [-0.05, 0) is 77.3 Å². The molecular weight excluding hydrogens is 454 g/mol. The quantitative estimate of drug-likeness (QED) is 0.447. The third-order valence-electron chi connectivity index (χ3n) is 6.64. The number of hydrogen-bond acceptors (Lipinski definition) is 4. The molecule has 5 atom stereocenters. The van der Waals surface area contributed by atoms with Gasteiger partial charge in [-0.1, -0.05) is 57.9 Å². The normalized spacial score (nSPS) is 19.8. The fraction of sp³-hybridized carbons (Fsp3) is 0.690. The van der Waals surface area contributed by atoms with E-state index in [1.54, 1.807) is 25.7 Å². The van der Waals surface area contributed by atoms with Gasteiger partial charge in [0, 0.05) is 12.1 Å². The third kappa shape index (κ3) is 7.97. The van der Waals surface area contributed by atoms with Crippen molar-refractivity contribution in [3.63, 3.8) is 0 Å². The summed E-state index contributed by atoms with van der Waals surface area (Å²) in [5.41, 5.74) is 2.19. The highest BCUT2D eigenvalue weighted by atomic mass is 16.6. The van der Waals surface area contributed by atoms with E-state index >= 15 is 0 Å². The van der Waals surface area contributed by atoms with Gasteiger partial charge in [0.15, 0.2) is 0 Å². The number of hydrogen-bond donors (Lipinski definition) is 2. The van der Waals surface area contributed by atoms with Crippen LogP contribution >= 0.6 is 0 Å². The minimum atomic E-state index is -0.818. The van der Waals surface area contributed by atoms with Gasteiger partial charge in [0.1, 0.15) is 17.7 Å². The van der Waals surface area contributed by atoms with E-state index in [0.717, 1.165) is 36.0 Å². The zero-order valence-electron chi connectivity index (χ0n) is 23.9. The van der Waals surface area contributed by atoms with Crippen LogP contribution in [0.15, 0.2) is 18.2 Å². The Kier molecular flexibility index (Phi) is 9.98. The number of nitrogens with zero attached hydrogens (tertiary/aromatic N) is 1. The van der Waals surface area contributed by atoms with Gasteiger partial charge < -0.3 is 20.3 Å². The van der Waals surface area contributed by atoms with Crippen LogP contribution in [0.1, 0.15) is 97.4 Å². The van der Waals surface area contributed by atoms with Crippen molar-refractivity contribution in [1.82, 2.24) is 15.5 Å². The Balaban J connectivity index is 2.52. The Morgan fingerprint density at radius 1 is 1.11 bits per heavy atom. The van der Waals surface area contributed by atoms with Gasteiger partial charge in [0.05, 0.1) is 0 Å². The van der Waals surface area contributed by atoms with Gasteiger partial charge in [0.25, 0.3) is 0 Å². The maximum atomic E-state index is 14.2. The predicted molar refractivity (Wildman–Crippen MR) is 144 cm³/mol. The van der Waals surface area contributed by atoms with Crippen LogP contribution in [0.4, 0.5) is 4.79 Å². The van der Waals surface area contributed by atoms with E-state index in [2.05, 4.69) is 24.5 Å². The molecule has 2 rings (SSSR count). The van der Waals surface area contributed by atoms with Gasteiger partial charge in [0.2, 0.25) is 11.8 Å². The molecule has 1 aliphatic carbocycles. The summed E-state index contributed by atoms with van der Waals surface area (Å²) >= 11 is 0. The monoisotopic (exact) mass is 501 g/mol. The molecule has 0 aromatic heterocycles. The molecule has 0 radical (unpaired) electrons. The van der Waals surface area contributed by atoms with Crippen LogP contribution < -0.4 is 10.6 Å². The Hall–Kier alpha value is -2.57. The molecule has 5 unspecified atom stereocenters. The molecule has 0 spiro atoms. The molecule has 7 nitrogen and oxygen atoms in total. The van der Waals surface area contributed by atoms with E-state index in [9.17, 15) is 14.4 Å². The lowest BCUT2D eigenvalue weighted by molar-refractivity contribution is -0.144. The average molecular weight is 502 g/mol. The fourth-order valence-corrected chi connectivity index (χ4v) is 4.66. The minimum absolute atomic E-state index is 0.00915. The molecule has 0 bridgehead atoms. The van der Waals surface area contributed by atoms with Crippen molar-refractivity contribution >= 4 is 17.9 Å². The van der Waals surface area contributed by atoms with Crippen LogP contribution in [0.3, 0.4) is 0 Å². The lowest BCUT2D eigenvalue weighted by Crippen LogP contribution is -2.56. The Bertz CT molecular complexity index is 937. The second kappa shape index (κ2) is 12.1. The van der Waals surface area contributed by atoms with Gasteiger partial charge in [-0.25, -0.2) is 4.79 Å². The second-order valence-corrected chi connectivity index (χ2v) is 11.9. The average Bonchev–Trinajstić information content (AvgIpc) is 3.44. The Morgan fingerprint density at radius 2 is 1.72 bits per heavy atom. The lowest BCUT2D eigenvalue weighted by atomic mass is 9.94. The van der Waals surface area contributed by atoms with Crippen molar-refractivity contribution in [1.29, 1.82) is 0 Å². The van der Waals surface area contributed by atoms with E-state index in [4.69, 9.17) is 4.74 Å². The zero-order chi connectivity index (χ0) is 27.4. The third-order valence-corrected chi connectivity index (χ3v) is 6.64. The SMILES string of the molecule is CCCC(C)NC(=O)C(c1ccc(C)cc1C)N(C(=O)C(NC(=O)OC(C)(C)C)C(C)C)C1CC1C. The molecule has 1 fully saturated rings. The highest BCUT2D eigenvalue weighted by molar-refractivity contribution is 5.93. The second-order valence-electron chi connectivity index (χ2n) is 11.9. The number of ether oxygens (including phenoxy) is 1. The topological polar surface area (TPSA) is 87.7 Å². The number of benzene rings is 1. The van der Waals surface area contributed by atoms with E-state index in [1.807, 2.05) is 52.8 Å². The maximum absolute atomic E-state index is 14.2. The first-order valence-electron chi connectivity index (χ1n) is 13.3. The van der Waals surface area contributed by atoms with Crippen molar-refractivity contribution in [3.8, 4) is 0 Å². The molecule has 1 aromatic rings. The highest BCUT2D eigenvalue weighted by Crippen LogP contribution is 2.41. The van der Waals surface area contributed by atoms with E-state index in [-0.39, 0.29) is 35.7 Å². The summed E-state index contributed by atoms with van der Waals surface area (Å²) in [6.07, 6.45) is 1.99. The van der Waals surface area contributed by atoms with Crippen LogP contribution in [0.25, 0.3) is 0 Å². The maximum Gasteiger partial charge on any atom is 0.408 e. The molecule has 0 heterocycles. The first-order chi connectivity index (χ1) is 16.7. The lowest BCUT2D eigenvalue weighted by Gasteiger charge is -2.37. The van der Waals surface area contributed by atoms with Crippen molar-refractivity contribution in [2.75, 3.05) is 0 Å². The summed E-state index contributed by atoms with van der Waals surface area (Å²) in [4.78, 5) is 42.4. The number of carbonyl (C=O) groups is 3. The van der Waals surface area contributed by atoms with Crippen molar-refractivity contribution < 1.29 is 19.1 Å². The molecular formula is C29H47N3O4. The van der Waals surface area contributed by atoms with Crippen molar-refractivity contribution in [2.24, 2.45) is 11.8 Å². The largest absolute Gasteiger partial charge is 0.444 e. The fourth-order valence-electron chi connectivity index (χ4n) is 4.66. The van der Waals surface area contributed by atoms with Crippen molar-refractivity contribution in [3.05, 3.63) is 34.9 Å². The number of alkyl carbamates (subject to hydrolysis) is 1. The summed E-state index contributed by atoms with van der Waals surface area (Å²) in [6.45, 7) is 19.3. The van der Waals surface area contributed by atoms with Crippen LogP contribution in [0, 0.1) is 25.7 Å². The molecule has 0 aliphatic heterocycles. The minimum Gasteiger partial charge on any atom is -0.444 e. The highest BCUT2D eigenvalue weighted by Gasteiger charge is 2.49. The van der Waals surface area contributed by atoms with Gasteiger partial charge in [-0.3, -0.25) is 9.59 Å². The molecule has 36 heavy (non-hydrogen) atoms. The van der Waals surface area contributed by atoms with Gasteiger partial charge >= 0.3 is 6.09 Å². The summed E-state index contributed by atoms with van der Waals surface area (Å²) in [5, 5.41) is 5.95. The molecule has 1 aromatic carbocycles. The molecule has 3 amide bonds. The Morgan fingerprint density at radius 3 is 2.19 bits per heavy atom. The first-order valence-corrected chi connectivity index (χ1v) is 13.3. The Labute approximate surface area is 217 Å². The van der Waals surface area contributed by atoms with Crippen LogP contribution in [0.2, 0.25) is 0 Å². The number of rotatable bonds is 10. The molecule has 7 heteroatoms. The smallest absolute Gasteiger partial charge is 0.408 e. The molecule has 1 aliphatic rings. The summed E-state index contributed by atoms with van der Waals surface area (Å²) < 4.78 is 5.45. The molecule has 202 valence electrons. The number of nitrogens with one attached hydrogen (secondary N) is 2. The van der Waals surface area contributed by atoms with Crippen LogP contribution in [0.5, 0.6) is 0 Å². The molecule has 1 saturated carbocycles. The summed E-state index contributed by atoms with van der Waals surface area (Å²) in [6, 6.07) is 4.30. The van der Waals surface area contributed by atoms with E-state index in [0.29, 0.717) is 0 Å². The summed E-state index contributed by atoms with van der Waals surface area (Å²) in [5.74, 6) is -0.357. The zero-order valence-corrected chi connectivity index (χ0v) is 23.9. The van der Waals surface area contributed by atoms with Crippen molar-refractivity contribution in [2.45, 2.75) is 118 Å². The van der Waals surface area contributed by atoms with Gasteiger partial charge in [-0.2, -0.15) is 0 Å². The predicted octanol–water partition coefficient (Wildman–Crippen LogP) is 5.44. The van der Waals surface area contributed by atoms with Crippen LogP contribution in [-0.2, 0) is 14.3 Å². The van der Waals surface area contributed by atoms with Crippen LogP contribution in [-0.4, -0.2) is 46.5 Å². The molecule has 2 N–H and O–H groups in total.